The van der Waals surface area contributed by atoms with Crippen LogP contribution in [0.3, 0.4) is 0 Å². The molecule has 0 saturated heterocycles. The number of ether oxygens (including phenoxy) is 1. The summed E-state index contributed by atoms with van der Waals surface area (Å²) in [6, 6.07) is 6.50. The van der Waals surface area contributed by atoms with Gasteiger partial charge < -0.3 is 20.9 Å². The number of nitrogens with one attached hydrogen (secondary N) is 1. The van der Waals surface area contributed by atoms with E-state index in [0.717, 1.165) is 12.8 Å². The van der Waals surface area contributed by atoms with Crippen LogP contribution in [0.2, 0.25) is 0 Å². The summed E-state index contributed by atoms with van der Waals surface area (Å²) in [6.45, 7) is 1.35. The first-order valence-electron chi connectivity index (χ1n) is 6.44. The second kappa shape index (κ2) is 5.50. The van der Waals surface area contributed by atoms with Crippen LogP contribution >= 0.6 is 0 Å². The SMILES string of the molecule is CC(N)(C(=O)Nc1ccc(OCC(=O)O)cc1)C1CC1. The summed E-state index contributed by atoms with van der Waals surface area (Å²) in [5.74, 6) is -0.561. The molecule has 1 aromatic carbocycles. The number of rotatable bonds is 6. The predicted octanol–water partition coefficient (Wildman–Crippen LogP) is 1.22. The molecule has 1 unspecified atom stereocenters. The van der Waals surface area contributed by atoms with Crippen molar-refractivity contribution in [2.24, 2.45) is 11.7 Å². The van der Waals surface area contributed by atoms with Gasteiger partial charge in [-0.1, -0.05) is 0 Å². The van der Waals surface area contributed by atoms with Gasteiger partial charge in [-0.3, -0.25) is 4.79 Å². The fraction of sp³-hybridized carbons (Fsp3) is 0.429. The van der Waals surface area contributed by atoms with E-state index >= 15 is 0 Å². The van der Waals surface area contributed by atoms with Gasteiger partial charge in [0, 0.05) is 5.69 Å². The summed E-state index contributed by atoms with van der Waals surface area (Å²) < 4.78 is 5.01. The van der Waals surface area contributed by atoms with Crippen LogP contribution in [0.15, 0.2) is 24.3 Å². The Bertz CT molecular complexity index is 506. The number of benzene rings is 1. The van der Waals surface area contributed by atoms with E-state index in [1.54, 1.807) is 31.2 Å². The van der Waals surface area contributed by atoms with Crippen molar-refractivity contribution in [3.8, 4) is 5.75 Å². The number of carboxylic acids is 1. The number of carbonyl (C=O) groups excluding carboxylic acids is 1. The highest BCUT2D eigenvalue weighted by atomic mass is 16.5. The Hall–Kier alpha value is -2.08. The lowest BCUT2D eigenvalue weighted by Crippen LogP contribution is -2.50. The van der Waals surface area contributed by atoms with Crippen LogP contribution in [0.25, 0.3) is 0 Å². The molecule has 6 heteroatoms. The molecule has 0 bridgehead atoms. The summed E-state index contributed by atoms with van der Waals surface area (Å²) in [5, 5.41) is 11.3. The standard InChI is InChI=1S/C14H18N2O4/c1-14(15,9-2-3-9)13(19)16-10-4-6-11(7-5-10)20-8-12(17)18/h4-7,9H,2-3,8,15H2,1H3,(H,16,19)(H,17,18). The Morgan fingerprint density at radius 2 is 2.00 bits per heavy atom. The maximum Gasteiger partial charge on any atom is 0.341 e. The molecule has 20 heavy (non-hydrogen) atoms. The number of carbonyl (C=O) groups is 2. The largest absolute Gasteiger partial charge is 0.482 e. The van der Waals surface area contributed by atoms with Crippen LogP contribution in [0.5, 0.6) is 5.75 Å². The van der Waals surface area contributed by atoms with E-state index in [1.807, 2.05) is 0 Å². The molecule has 2 rings (SSSR count). The van der Waals surface area contributed by atoms with Gasteiger partial charge in [0.25, 0.3) is 0 Å². The summed E-state index contributed by atoms with van der Waals surface area (Å²) in [5.41, 5.74) is 5.78. The minimum Gasteiger partial charge on any atom is -0.482 e. The molecule has 108 valence electrons. The lowest BCUT2D eigenvalue weighted by atomic mass is 9.96. The molecule has 1 saturated carbocycles. The maximum atomic E-state index is 12.1. The van der Waals surface area contributed by atoms with Gasteiger partial charge in [-0.25, -0.2) is 4.79 Å². The monoisotopic (exact) mass is 278 g/mol. The molecule has 1 aliphatic carbocycles. The number of hydrogen-bond donors (Lipinski definition) is 3. The minimum atomic E-state index is -1.04. The summed E-state index contributed by atoms with van der Waals surface area (Å²) in [4.78, 5) is 22.4. The molecule has 0 aromatic heterocycles. The zero-order valence-corrected chi connectivity index (χ0v) is 11.3. The van der Waals surface area contributed by atoms with Gasteiger partial charge in [0.2, 0.25) is 5.91 Å². The molecule has 0 spiro atoms. The van der Waals surface area contributed by atoms with Crippen molar-refractivity contribution in [2.45, 2.75) is 25.3 Å². The Morgan fingerprint density at radius 1 is 1.40 bits per heavy atom. The van der Waals surface area contributed by atoms with E-state index in [9.17, 15) is 9.59 Å². The predicted molar refractivity (Wildman–Crippen MR) is 73.5 cm³/mol. The highest BCUT2D eigenvalue weighted by Gasteiger charge is 2.44. The van der Waals surface area contributed by atoms with Gasteiger partial charge in [0.15, 0.2) is 6.61 Å². The van der Waals surface area contributed by atoms with Crippen LogP contribution in [-0.4, -0.2) is 29.1 Å². The molecule has 0 radical (unpaired) electrons. The second-order valence-electron chi connectivity index (χ2n) is 5.22. The van der Waals surface area contributed by atoms with Crippen molar-refractivity contribution in [2.75, 3.05) is 11.9 Å². The van der Waals surface area contributed by atoms with Gasteiger partial charge in [0.1, 0.15) is 5.75 Å². The topological polar surface area (TPSA) is 102 Å². The minimum absolute atomic E-state index is 0.209. The maximum absolute atomic E-state index is 12.1. The summed E-state index contributed by atoms with van der Waals surface area (Å²) in [6.07, 6.45) is 1.98. The third-order valence-corrected chi connectivity index (χ3v) is 3.39. The smallest absolute Gasteiger partial charge is 0.341 e. The van der Waals surface area contributed by atoms with Gasteiger partial charge >= 0.3 is 5.97 Å². The first kappa shape index (κ1) is 14.3. The van der Waals surface area contributed by atoms with E-state index in [4.69, 9.17) is 15.6 Å². The molecule has 1 fully saturated rings. The van der Waals surface area contributed by atoms with Crippen LogP contribution in [0.4, 0.5) is 5.69 Å². The molecular weight excluding hydrogens is 260 g/mol. The van der Waals surface area contributed by atoms with Crippen molar-refractivity contribution >= 4 is 17.6 Å². The number of aliphatic carboxylic acids is 1. The highest BCUT2D eigenvalue weighted by molar-refractivity contribution is 5.98. The normalized spacial score (nSPS) is 17.1. The molecule has 4 N–H and O–H groups in total. The first-order chi connectivity index (χ1) is 9.39. The van der Waals surface area contributed by atoms with Crippen molar-refractivity contribution < 1.29 is 19.4 Å². The Balaban J connectivity index is 1.93. The van der Waals surface area contributed by atoms with Crippen molar-refractivity contribution in [1.82, 2.24) is 0 Å². The van der Waals surface area contributed by atoms with Gasteiger partial charge in [-0.2, -0.15) is 0 Å². The third kappa shape index (κ3) is 3.48. The third-order valence-electron chi connectivity index (χ3n) is 3.39. The zero-order valence-electron chi connectivity index (χ0n) is 11.3. The second-order valence-corrected chi connectivity index (χ2v) is 5.22. The van der Waals surface area contributed by atoms with Crippen molar-refractivity contribution in [3.05, 3.63) is 24.3 Å². The number of nitrogens with two attached hydrogens (primary N) is 1. The lowest BCUT2D eigenvalue weighted by Gasteiger charge is -2.23. The quantitative estimate of drug-likeness (QED) is 0.726. The summed E-state index contributed by atoms with van der Waals surface area (Å²) in [7, 11) is 0. The van der Waals surface area contributed by atoms with Gasteiger partial charge in [-0.15, -0.1) is 0 Å². The molecule has 0 aliphatic heterocycles. The van der Waals surface area contributed by atoms with Crippen LogP contribution in [0, 0.1) is 5.92 Å². The molecule has 1 amide bonds. The molecule has 1 atom stereocenters. The molecule has 1 aromatic rings. The van der Waals surface area contributed by atoms with E-state index in [1.165, 1.54) is 0 Å². The van der Waals surface area contributed by atoms with E-state index in [0.29, 0.717) is 11.4 Å². The average Bonchev–Trinajstić information content (AvgIpc) is 3.22. The van der Waals surface area contributed by atoms with Crippen LogP contribution in [-0.2, 0) is 9.59 Å². The lowest BCUT2D eigenvalue weighted by molar-refractivity contribution is -0.139. The molecule has 1 aliphatic rings. The Labute approximate surface area is 116 Å². The van der Waals surface area contributed by atoms with Crippen molar-refractivity contribution in [3.63, 3.8) is 0 Å². The number of anilines is 1. The Morgan fingerprint density at radius 3 is 2.50 bits per heavy atom. The van der Waals surface area contributed by atoms with Gasteiger partial charge in [-0.05, 0) is 49.9 Å². The molecule has 0 heterocycles. The molecular formula is C14H18N2O4. The highest BCUT2D eigenvalue weighted by Crippen LogP contribution is 2.38. The molecule has 6 nitrogen and oxygen atoms in total. The number of amides is 1. The average molecular weight is 278 g/mol. The Kier molecular flexibility index (Phi) is 3.94. The number of carboxylic acid groups (broad SMARTS) is 1. The van der Waals surface area contributed by atoms with Crippen LogP contribution in [0.1, 0.15) is 19.8 Å². The first-order valence-corrected chi connectivity index (χ1v) is 6.44. The fourth-order valence-electron chi connectivity index (χ4n) is 1.91. The van der Waals surface area contributed by atoms with E-state index in [-0.39, 0.29) is 11.8 Å². The number of hydrogen-bond acceptors (Lipinski definition) is 4. The van der Waals surface area contributed by atoms with Crippen molar-refractivity contribution in [1.29, 1.82) is 0 Å². The zero-order chi connectivity index (χ0) is 14.8. The van der Waals surface area contributed by atoms with E-state index in [2.05, 4.69) is 5.32 Å². The van der Waals surface area contributed by atoms with Crippen LogP contribution < -0.4 is 15.8 Å². The van der Waals surface area contributed by atoms with E-state index < -0.39 is 18.1 Å². The summed E-state index contributed by atoms with van der Waals surface area (Å²) >= 11 is 0. The van der Waals surface area contributed by atoms with Gasteiger partial charge in [0.05, 0.1) is 5.54 Å². The fourth-order valence-corrected chi connectivity index (χ4v) is 1.91.